The van der Waals surface area contributed by atoms with Gasteiger partial charge in [0.15, 0.2) is 0 Å². The molecule has 34 heavy (non-hydrogen) atoms. The molecule has 1 aliphatic carbocycles. The molecular weight excluding hydrogens is 440 g/mol. The normalized spacial score (nSPS) is 14.1. The number of aromatic nitrogens is 3. The van der Waals surface area contributed by atoms with E-state index >= 15 is 0 Å². The van der Waals surface area contributed by atoms with Crippen molar-refractivity contribution in [2.75, 3.05) is 0 Å². The predicted molar refractivity (Wildman–Crippen MR) is 139 cm³/mol. The highest BCUT2D eigenvalue weighted by Crippen LogP contribution is 2.28. The van der Waals surface area contributed by atoms with Crippen molar-refractivity contribution in [1.29, 1.82) is 0 Å². The van der Waals surface area contributed by atoms with Crippen LogP contribution in [0.3, 0.4) is 0 Å². The van der Waals surface area contributed by atoms with Crippen molar-refractivity contribution in [3.05, 3.63) is 106 Å². The summed E-state index contributed by atoms with van der Waals surface area (Å²) in [6.07, 6.45) is 2.51. The SMILES string of the molecule is CCC(=NC1Cc2ccccc2C1)c1c(-c2ccccc2)[nH]n(-c2nc3ccccc3s2)c1=O. The Balaban J connectivity index is 1.49. The Morgan fingerprint density at radius 2 is 1.68 bits per heavy atom. The number of thiazole rings is 1. The van der Waals surface area contributed by atoms with E-state index in [1.807, 2.05) is 54.6 Å². The summed E-state index contributed by atoms with van der Waals surface area (Å²) in [5, 5.41) is 4.01. The van der Waals surface area contributed by atoms with Gasteiger partial charge >= 0.3 is 0 Å². The van der Waals surface area contributed by atoms with Crippen LogP contribution in [0.4, 0.5) is 0 Å². The molecule has 3 aromatic carbocycles. The molecule has 5 aromatic rings. The first kappa shape index (κ1) is 20.8. The third kappa shape index (κ3) is 3.60. The van der Waals surface area contributed by atoms with E-state index in [0.717, 1.165) is 40.0 Å². The number of nitrogens with one attached hydrogen (secondary N) is 1. The predicted octanol–water partition coefficient (Wildman–Crippen LogP) is 5.81. The molecule has 0 amide bonds. The monoisotopic (exact) mass is 464 g/mol. The molecule has 0 saturated carbocycles. The quantitative estimate of drug-likeness (QED) is 0.334. The maximum absolute atomic E-state index is 13.9. The molecule has 0 saturated heterocycles. The highest BCUT2D eigenvalue weighted by molar-refractivity contribution is 7.20. The van der Waals surface area contributed by atoms with Crippen molar-refractivity contribution in [3.63, 3.8) is 0 Å². The maximum atomic E-state index is 13.9. The van der Waals surface area contributed by atoms with Crippen LogP contribution in [0.5, 0.6) is 0 Å². The summed E-state index contributed by atoms with van der Waals surface area (Å²) in [6, 6.07) is 26.7. The molecule has 0 bridgehead atoms. The van der Waals surface area contributed by atoms with Gasteiger partial charge < -0.3 is 0 Å². The number of hydrogen-bond acceptors (Lipinski definition) is 4. The number of nitrogens with zero attached hydrogens (tertiary/aromatic N) is 3. The van der Waals surface area contributed by atoms with E-state index in [0.29, 0.717) is 17.1 Å². The molecule has 2 heterocycles. The summed E-state index contributed by atoms with van der Waals surface area (Å²) in [5.41, 5.74) is 6.74. The van der Waals surface area contributed by atoms with Gasteiger partial charge in [-0.05, 0) is 42.5 Å². The molecule has 0 atom stereocenters. The van der Waals surface area contributed by atoms with Crippen LogP contribution in [0.2, 0.25) is 0 Å². The lowest BCUT2D eigenvalue weighted by atomic mass is 10.0. The Kier molecular flexibility index (Phi) is 5.23. The molecule has 0 aliphatic heterocycles. The summed E-state index contributed by atoms with van der Waals surface area (Å²) in [4.78, 5) is 23.7. The molecule has 5 nitrogen and oxygen atoms in total. The van der Waals surface area contributed by atoms with E-state index in [4.69, 9.17) is 9.98 Å². The lowest BCUT2D eigenvalue weighted by Crippen LogP contribution is -2.21. The average Bonchev–Trinajstić information content (AvgIpc) is 3.57. The number of aromatic amines is 1. The molecule has 168 valence electrons. The van der Waals surface area contributed by atoms with E-state index in [9.17, 15) is 4.79 Å². The number of benzene rings is 3. The van der Waals surface area contributed by atoms with Gasteiger partial charge in [-0.25, -0.2) is 4.98 Å². The highest BCUT2D eigenvalue weighted by atomic mass is 32.1. The molecule has 6 heteroatoms. The zero-order valence-electron chi connectivity index (χ0n) is 18.9. The van der Waals surface area contributed by atoms with Gasteiger partial charge in [-0.3, -0.25) is 14.9 Å². The van der Waals surface area contributed by atoms with E-state index < -0.39 is 0 Å². The first-order valence-electron chi connectivity index (χ1n) is 11.6. The summed E-state index contributed by atoms with van der Waals surface area (Å²) in [6.45, 7) is 2.07. The largest absolute Gasteiger partial charge is 0.288 e. The van der Waals surface area contributed by atoms with E-state index in [1.165, 1.54) is 22.5 Å². The molecule has 0 fully saturated rings. The number of fused-ring (bicyclic) bond motifs is 2. The van der Waals surface area contributed by atoms with Crippen LogP contribution in [0.15, 0.2) is 88.6 Å². The van der Waals surface area contributed by atoms with E-state index in [1.54, 1.807) is 4.68 Å². The van der Waals surface area contributed by atoms with Crippen LogP contribution < -0.4 is 5.56 Å². The number of para-hydroxylation sites is 1. The number of rotatable bonds is 5. The zero-order valence-corrected chi connectivity index (χ0v) is 19.7. The first-order valence-corrected chi connectivity index (χ1v) is 12.4. The Morgan fingerprint density at radius 1 is 1.00 bits per heavy atom. The minimum absolute atomic E-state index is 0.103. The van der Waals surface area contributed by atoms with Crippen LogP contribution in [-0.4, -0.2) is 26.5 Å². The fourth-order valence-corrected chi connectivity index (χ4v) is 5.71. The topological polar surface area (TPSA) is 63.0 Å². The smallest absolute Gasteiger partial charge is 0.283 e. The molecule has 6 rings (SSSR count). The molecule has 0 radical (unpaired) electrons. The van der Waals surface area contributed by atoms with Crippen molar-refractivity contribution in [3.8, 4) is 16.4 Å². The van der Waals surface area contributed by atoms with Crippen LogP contribution >= 0.6 is 11.3 Å². The van der Waals surface area contributed by atoms with Gasteiger partial charge in [0.25, 0.3) is 5.56 Å². The fourth-order valence-electron chi connectivity index (χ4n) is 4.79. The minimum Gasteiger partial charge on any atom is -0.288 e. The van der Waals surface area contributed by atoms with Gasteiger partial charge in [0.05, 0.1) is 27.5 Å². The zero-order chi connectivity index (χ0) is 23.1. The second kappa shape index (κ2) is 8.54. The maximum Gasteiger partial charge on any atom is 0.283 e. The third-order valence-electron chi connectivity index (χ3n) is 6.42. The summed E-state index contributed by atoms with van der Waals surface area (Å²) in [5.74, 6) is 0. The van der Waals surface area contributed by atoms with Crippen LogP contribution in [-0.2, 0) is 12.8 Å². The van der Waals surface area contributed by atoms with Crippen LogP contribution in [0, 0.1) is 0 Å². The molecule has 0 spiro atoms. The second-order valence-corrected chi connectivity index (χ2v) is 9.60. The Labute approximate surface area is 201 Å². The first-order chi connectivity index (χ1) is 16.7. The number of H-pyrrole nitrogens is 1. The number of aliphatic imine (C=N–C) groups is 1. The van der Waals surface area contributed by atoms with Crippen molar-refractivity contribution >= 4 is 27.3 Å². The minimum atomic E-state index is -0.103. The number of hydrogen-bond donors (Lipinski definition) is 1. The third-order valence-corrected chi connectivity index (χ3v) is 7.44. The molecule has 2 aromatic heterocycles. The van der Waals surface area contributed by atoms with Crippen LogP contribution in [0.25, 0.3) is 26.6 Å². The Morgan fingerprint density at radius 3 is 2.38 bits per heavy atom. The lowest BCUT2D eigenvalue weighted by Gasteiger charge is -2.09. The molecule has 1 aliphatic rings. The van der Waals surface area contributed by atoms with Crippen LogP contribution in [0.1, 0.15) is 30.0 Å². The Hall–Kier alpha value is -3.77. The summed E-state index contributed by atoms with van der Waals surface area (Å²) >= 11 is 1.51. The van der Waals surface area contributed by atoms with Gasteiger partial charge in [0.2, 0.25) is 5.13 Å². The van der Waals surface area contributed by atoms with Gasteiger partial charge in [-0.2, -0.15) is 4.68 Å². The van der Waals surface area contributed by atoms with Crippen molar-refractivity contribution in [2.45, 2.75) is 32.2 Å². The average molecular weight is 465 g/mol. The van der Waals surface area contributed by atoms with Gasteiger partial charge in [0, 0.05) is 11.3 Å². The van der Waals surface area contributed by atoms with Gasteiger partial charge in [-0.1, -0.05) is 85.0 Å². The second-order valence-electron chi connectivity index (χ2n) is 8.59. The summed E-state index contributed by atoms with van der Waals surface area (Å²) < 4.78 is 2.63. The van der Waals surface area contributed by atoms with Crippen molar-refractivity contribution in [1.82, 2.24) is 14.8 Å². The molecule has 0 unspecified atom stereocenters. The fraction of sp³-hybridized carbons (Fsp3) is 0.179. The summed E-state index contributed by atoms with van der Waals surface area (Å²) in [7, 11) is 0. The van der Waals surface area contributed by atoms with Gasteiger partial charge in [-0.15, -0.1) is 0 Å². The highest BCUT2D eigenvalue weighted by Gasteiger charge is 2.25. The lowest BCUT2D eigenvalue weighted by molar-refractivity contribution is 0.721. The standard InChI is InChI=1S/C28H24N4OS/c1-2-22(29-21-16-19-12-6-7-13-20(19)17-21)25-26(18-10-4-3-5-11-18)31-32(27(25)33)28-30-23-14-8-9-15-24(23)34-28/h3-15,21,31H,2,16-17H2,1H3. The van der Waals surface area contributed by atoms with E-state index in [2.05, 4.69) is 36.3 Å². The Bertz CT molecular complexity index is 1520. The van der Waals surface area contributed by atoms with E-state index in [-0.39, 0.29) is 11.6 Å². The molecule has 1 N–H and O–H groups in total. The van der Waals surface area contributed by atoms with Crippen molar-refractivity contribution in [2.24, 2.45) is 4.99 Å². The van der Waals surface area contributed by atoms with Crippen molar-refractivity contribution < 1.29 is 0 Å². The van der Waals surface area contributed by atoms with Gasteiger partial charge in [0.1, 0.15) is 0 Å². The molecular formula is C28H24N4OS.